The van der Waals surface area contributed by atoms with E-state index in [1.54, 1.807) is 18.0 Å². The molecule has 0 aliphatic heterocycles. The average Bonchev–Trinajstić information content (AvgIpc) is 2.91. The van der Waals surface area contributed by atoms with Crippen LogP contribution in [-0.2, 0) is 11.3 Å². The highest BCUT2D eigenvalue weighted by atomic mass is 32.2. The normalized spacial score (nSPS) is 11.2. The molecular weight excluding hydrogens is 324 g/mol. The molecule has 0 aliphatic carbocycles. The van der Waals surface area contributed by atoms with E-state index < -0.39 is 0 Å². The number of nitrogens with one attached hydrogen (secondary N) is 2. The molecule has 2 N–H and O–H groups in total. The standard InChI is InChI=1S/C16H26N6OS/c1-5-7-13(23)17-8-9-22-15-12(10-18-22)14(19-11(3)4)20-16(21-15)24-6-2/h10-11H,5-9H2,1-4H3,(H,17,23)(H,19,20,21). The number of aromatic nitrogens is 4. The zero-order valence-corrected chi connectivity index (χ0v) is 15.6. The summed E-state index contributed by atoms with van der Waals surface area (Å²) in [6, 6.07) is 0.277. The summed E-state index contributed by atoms with van der Waals surface area (Å²) >= 11 is 1.61. The van der Waals surface area contributed by atoms with Crippen molar-refractivity contribution in [2.45, 2.75) is 58.3 Å². The van der Waals surface area contributed by atoms with Gasteiger partial charge in [0.1, 0.15) is 5.82 Å². The maximum Gasteiger partial charge on any atom is 0.220 e. The molecule has 0 saturated carbocycles. The summed E-state index contributed by atoms with van der Waals surface area (Å²) < 4.78 is 1.83. The maximum atomic E-state index is 11.6. The fraction of sp³-hybridized carbons (Fsp3) is 0.625. The average molecular weight is 350 g/mol. The van der Waals surface area contributed by atoms with E-state index in [0.717, 1.165) is 34.2 Å². The number of carbonyl (C=O) groups is 1. The van der Waals surface area contributed by atoms with Crippen molar-refractivity contribution in [2.75, 3.05) is 17.6 Å². The van der Waals surface area contributed by atoms with E-state index in [1.807, 2.05) is 11.6 Å². The summed E-state index contributed by atoms with van der Waals surface area (Å²) in [5.41, 5.74) is 0.800. The molecule has 0 fully saturated rings. The third-order valence-electron chi connectivity index (χ3n) is 3.30. The minimum absolute atomic E-state index is 0.0768. The molecule has 0 atom stereocenters. The second-order valence-corrected chi connectivity index (χ2v) is 7.02. The zero-order chi connectivity index (χ0) is 17.5. The molecule has 8 heteroatoms. The van der Waals surface area contributed by atoms with Crippen molar-refractivity contribution in [3.05, 3.63) is 6.20 Å². The highest BCUT2D eigenvalue weighted by molar-refractivity contribution is 7.99. The molecule has 2 aromatic heterocycles. The SMILES string of the molecule is CCCC(=O)NCCn1ncc2c(NC(C)C)nc(SCC)nc21. The molecule has 0 radical (unpaired) electrons. The van der Waals surface area contributed by atoms with Crippen molar-refractivity contribution >= 4 is 34.5 Å². The van der Waals surface area contributed by atoms with Gasteiger partial charge in [-0.3, -0.25) is 4.79 Å². The Bertz CT molecular complexity index is 685. The first kappa shape index (κ1) is 18.5. The Labute approximate surface area is 147 Å². The van der Waals surface area contributed by atoms with Crippen LogP contribution in [0.1, 0.15) is 40.5 Å². The first-order valence-electron chi connectivity index (χ1n) is 8.44. The molecular formula is C16H26N6OS. The summed E-state index contributed by atoms with van der Waals surface area (Å²) in [6.07, 6.45) is 3.20. The Balaban J connectivity index is 2.21. The van der Waals surface area contributed by atoms with E-state index in [2.05, 4.69) is 46.5 Å². The van der Waals surface area contributed by atoms with E-state index in [4.69, 9.17) is 0 Å². The van der Waals surface area contributed by atoms with Crippen molar-refractivity contribution in [2.24, 2.45) is 0 Å². The first-order chi connectivity index (χ1) is 11.5. The van der Waals surface area contributed by atoms with Gasteiger partial charge in [-0.25, -0.2) is 14.6 Å². The van der Waals surface area contributed by atoms with Crippen LogP contribution in [0.2, 0.25) is 0 Å². The van der Waals surface area contributed by atoms with Crippen LogP contribution in [0.3, 0.4) is 0 Å². The van der Waals surface area contributed by atoms with E-state index in [9.17, 15) is 4.79 Å². The summed E-state index contributed by atoms with van der Waals surface area (Å²) in [7, 11) is 0. The Morgan fingerprint density at radius 2 is 2.12 bits per heavy atom. The van der Waals surface area contributed by atoms with Crippen LogP contribution >= 0.6 is 11.8 Å². The molecule has 1 amide bonds. The predicted molar refractivity (Wildman–Crippen MR) is 98.4 cm³/mol. The van der Waals surface area contributed by atoms with Gasteiger partial charge in [-0.05, 0) is 26.0 Å². The van der Waals surface area contributed by atoms with E-state index in [1.165, 1.54) is 0 Å². The number of anilines is 1. The second kappa shape index (κ2) is 8.86. The molecule has 2 rings (SSSR count). The second-order valence-electron chi connectivity index (χ2n) is 5.79. The Kier molecular flexibility index (Phi) is 6.84. The zero-order valence-electron chi connectivity index (χ0n) is 14.8. The van der Waals surface area contributed by atoms with Gasteiger partial charge in [0.2, 0.25) is 5.91 Å². The van der Waals surface area contributed by atoms with Gasteiger partial charge in [0.15, 0.2) is 10.8 Å². The molecule has 24 heavy (non-hydrogen) atoms. The third-order valence-corrected chi connectivity index (χ3v) is 4.03. The van der Waals surface area contributed by atoms with Crippen molar-refractivity contribution < 1.29 is 4.79 Å². The largest absolute Gasteiger partial charge is 0.367 e. The fourth-order valence-corrected chi connectivity index (χ4v) is 2.86. The molecule has 0 aliphatic rings. The van der Waals surface area contributed by atoms with Crippen LogP contribution in [0.25, 0.3) is 11.0 Å². The minimum Gasteiger partial charge on any atom is -0.367 e. The van der Waals surface area contributed by atoms with Crippen molar-refractivity contribution in [1.82, 2.24) is 25.1 Å². The minimum atomic E-state index is 0.0768. The monoisotopic (exact) mass is 350 g/mol. The number of nitrogens with zero attached hydrogens (tertiary/aromatic N) is 4. The molecule has 0 unspecified atom stereocenters. The molecule has 7 nitrogen and oxygen atoms in total. The topological polar surface area (TPSA) is 84.7 Å². The third kappa shape index (κ3) is 4.83. The van der Waals surface area contributed by atoms with Crippen LogP contribution in [0.4, 0.5) is 5.82 Å². The summed E-state index contributed by atoms with van der Waals surface area (Å²) in [5.74, 6) is 1.80. The lowest BCUT2D eigenvalue weighted by Crippen LogP contribution is -2.27. The molecule has 0 aromatic carbocycles. The molecule has 0 spiro atoms. The number of amides is 1. The Morgan fingerprint density at radius 1 is 1.33 bits per heavy atom. The van der Waals surface area contributed by atoms with Crippen LogP contribution < -0.4 is 10.6 Å². The summed E-state index contributed by atoms with van der Waals surface area (Å²) in [6.45, 7) is 9.36. The van der Waals surface area contributed by atoms with Crippen molar-refractivity contribution in [1.29, 1.82) is 0 Å². The smallest absolute Gasteiger partial charge is 0.220 e. The van der Waals surface area contributed by atoms with Gasteiger partial charge >= 0.3 is 0 Å². The van der Waals surface area contributed by atoms with E-state index in [-0.39, 0.29) is 11.9 Å². The molecule has 2 aromatic rings. The van der Waals surface area contributed by atoms with Crippen molar-refractivity contribution in [3.8, 4) is 0 Å². The molecule has 2 heterocycles. The number of hydrogen-bond donors (Lipinski definition) is 2. The van der Waals surface area contributed by atoms with Gasteiger partial charge in [-0.1, -0.05) is 25.6 Å². The summed E-state index contributed by atoms with van der Waals surface area (Å²) in [4.78, 5) is 20.8. The Hall–Kier alpha value is -1.83. The van der Waals surface area contributed by atoms with Crippen LogP contribution in [-0.4, -0.2) is 44.0 Å². The lowest BCUT2D eigenvalue weighted by molar-refractivity contribution is -0.121. The molecule has 132 valence electrons. The number of fused-ring (bicyclic) bond motifs is 1. The van der Waals surface area contributed by atoms with E-state index >= 15 is 0 Å². The van der Waals surface area contributed by atoms with Gasteiger partial charge < -0.3 is 10.6 Å². The lowest BCUT2D eigenvalue weighted by atomic mass is 10.3. The van der Waals surface area contributed by atoms with E-state index in [0.29, 0.717) is 19.5 Å². The van der Waals surface area contributed by atoms with Crippen LogP contribution in [0, 0.1) is 0 Å². The number of carbonyl (C=O) groups excluding carboxylic acids is 1. The number of hydrogen-bond acceptors (Lipinski definition) is 6. The highest BCUT2D eigenvalue weighted by Gasteiger charge is 2.14. The molecule has 0 saturated heterocycles. The number of rotatable bonds is 9. The Morgan fingerprint density at radius 3 is 2.79 bits per heavy atom. The maximum absolute atomic E-state index is 11.6. The van der Waals surface area contributed by atoms with Gasteiger partial charge in [0.25, 0.3) is 0 Å². The van der Waals surface area contributed by atoms with Gasteiger partial charge in [-0.2, -0.15) is 5.10 Å². The van der Waals surface area contributed by atoms with Gasteiger partial charge in [-0.15, -0.1) is 0 Å². The summed E-state index contributed by atoms with van der Waals surface area (Å²) in [5, 5.41) is 12.3. The predicted octanol–water partition coefficient (Wildman–Crippen LogP) is 2.67. The first-order valence-corrected chi connectivity index (χ1v) is 9.43. The molecule has 0 bridgehead atoms. The van der Waals surface area contributed by atoms with Crippen LogP contribution in [0.5, 0.6) is 0 Å². The number of thioether (sulfide) groups is 1. The van der Waals surface area contributed by atoms with Crippen molar-refractivity contribution in [3.63, 3.8) is 0 Å². The highest BCUT2D eigenvalue weighted by Crippen LogP contribution is 2.24. The quantitative estimate of drug-likeness (QED) is 0.534. The lowest BCUT2D eigenvalue weighted by Gasteiger charge is -2.11. The fourth-order valence-electron chi connectivity index (χ4n) is 2.29. The van der Waals surface area contributed by atoms with Gasteiger partial charge in [0, 0.05) is 19.0 Å². The van der Waals surface area contributed by atoms with Gasteiger partial charge in [0.05, 0.1) is 18.1 Å². The van der Waals surface area contributed by atoms with Crippen LogP contribution in [0.15, 0.2) is 11.4 Å².